The highest BCUT2D eigenvalue weighted by atomic mass is 16.1. The van der Waals surface area contributed by atoms with Gasteiger partial charge in [-0.1, -0.05) is 18.2 Å². The molecule has 1 heterocycles. The van der Waals surface area contributed by atoms with E-state index in [-0.39, 0.29) is 5.91 Å². The van der Waals surface area contributed by atoms with Crippen LogP contribution in [0.4, 0.5) is 5.69 Å². The monoisotopic (exact) mass is 259 g/mol. The molecule has 1 saturated heterocycles. The van der Waals surface area contributed by atoms with Crippen LogP contribution in [0.5, 0.6) is 0 Å². The van der Waals surface area contributed by atoms with Gasteiger partial charge in [-0.3, -0.25) is 4.79 Å². The van der Waals surface area contributed by atoms with Gasteiger partial charge in [0, 0.05) is 38.4 Å². The average Bonchev–Trinajstić information content (AvgIpc) is 2.47. The van der Waals surface area contributed by atoms with Gasteiger partial charge in [-0.2, -0.15) is 0 Å². The molecule has 1 fully saturated rings. The molecule has 1 amide bonds. The van der Waals surface area contributed by atoms with Crippen molar-refractivity contribution in [2.45, 2.75) is 6.42 Å². The normalized spacial score (nSPS) is 15.1. The van der Waals surface area contributed by atoms with E-state index in [9.17, 15) is 4.79 Å². The lowest BCUT2D eigenvalue weighted by Crippen LogP contribution is -2.43. The van der Waals surface area contributed by atoms with Crippen molar-refractivity contribution in [1.29, 1.82) is 0 Å². The molecule has 4 nitrogen and oxygen atoms in total. The van der Waals surface area contributed by atoms with E-state index in [1.165, 1.54) is 5.69 Å². The number of nitrogens with one attached hydrogen (secondary N) is 2. The van der Waals surface area contributed by atoms with Crippen molar-refractivity contribution in [3.05, 3.63) is 42.5 Å². The predicted molar refractivity (Wildman–Crippen MR) is 78.4 cm³/mol. The second kappa shape index (κ2) is 6.95. The SMILES string of the molecule is C=CCNC(=O)Cc1ccc(N2CCNCC2)cc1. The first-order valence-electron chi connectivity index (χ1n) is 6.72. The molecular weight excluding hydrogens is 238 g/mol. The number of carbonyl (C=O) groups is 1. The minimum Gasteiger partial charge on any atom is -0.369 e. The fraction of sp³-hybridized carbons (Fsp3) is 0.400. The Bertz CT molecular complexity index is 422. The third kappa shape index (κ3) is 4.10. The van der Waals surface area contributed by atoms with E-state index >= 15 is 0 Å². The van der Waals surface area contributed by atoms with Crippen LogP contribution in [-0.4, -0.2) is 38.6 Å². The summed E-state index contributed by atoms with van der Waals surface area (Å²) in [5.74, 6) is 0.0369. The molecular formula is C15H21N3O. The number of nitrogens with zero attached hydrogens (tertiary/aromatic N) is 1. The maximum absolute atomic E-state index is 11.6. The molecule has 19 heavy (non-hydrogen) atoms. The molecule has 1 aromatic rings. The molecule has 2 rings (SSSR count). The van der Waals surface area contributed by atoms with Crippen LogP contribution in [0.3, 0.4) is 0 Å². The molecule has 0 aromatic heterocycles. The summed E-state index contributed by atoms with van der Waals surface area (Å²) in [7, 11) is 0. The molecule has 1 aliphatic heterocycles. The molecule has 1 aromatic carbocycles. The van der Waals surface area contributed by atoms with E-state index in [1.54, 1.807) is 6.08 Å². The Hall–Kier alpha value is -1.81. The van der Waals surface area contributed by atoms with Crippen molar-refractivity contribution < 1.29 is 4.79 Å². The van der Waals surface area contributed by atoms with E-state index in [4.69, 9.17) is 0 Å². The zero-order chi connectivity index (χ0) is 13.5. The summed E-state index contributed by atoms with van der Waals surface area (Å²) < 4.78 is 0. The van der Waals surface area contributed by atoms with E-state index in [0.29, 0.717) is 13.0 Å². The Morgan fingerprint density at radius 3 is 2.63 bits per heavy atom. The highest BCUT2D eigenvalue weighted by Gasteiger charge is 2.10. The van der Waals surface area contributed by atoms with Crippen LogP contribution in [-0.2, 0) is 11.2 Å². The maximum atomic E-state index is 11.6. The summed E-state index contributed by atoms with van der Waals surface area (Å²) in [6, 6.07) is 8.26. The minimum atomic E-state index is 0.0369. The average molecular weight is 259 g/mol. The summed E-state index contributed by atoms with van der Waals surface area (Å²) in [6.07, 6.45) is 2.11. The van der Waals surface area contributed by atoms with Crippen molar-refractivity contribution in [3.8, 4) is 0 Å². The fourth-order valence-corrected chi connectivity index (χ4v) is 2.18. The molecule has 0 radical (unpaired) electrons. The Balaban J connectivity index is 1.90. The molecule has 1 aliphatic rings. The minimum absolute atomic E-state index is 0.0369. The summed E-state index contributed by atoms with van der Waals surface area (Å²) in [5, 5.41) is 6.12. The van der Waals surface area contributed by atoms with Crippen LogP contribution in [0.25, 0.3) is 0 Å². The number of piperazine rings is 1. The number of benzene rings is 1. The zero-order valence-corrected chi connectivity index (χ0v) is 11.2. The molecule has 0 spiro atoms. The smallest absolute Gasteiger partial charge is 0.224 e. The number of anilines is 1. The summed E-state index contributed by atoms with van der Waals surface area (Å²) in [5.41, 5.74) is 2.28. The number of rotatable bonds is 5. The number of hydrogen-bond acceptors (Lipinski definition) is 3. The van der Waals surface area contributed by atoms with Crippen LogP contribution >= 0.6 is 0 Å². The van der Waals surface area contributed by atoms with E-state index in [1.807, 2.05) is 12.1 Å². The maximum Gasteiger partial charge on any atom is 0.224 e. The molecule has 0 unspecified atom stereocenters. The molecule has 0 aliphatic carbocycles. The van der Waals surface area contributed by atoms with Crippen LogP contribution in [0, 0.1) is 0 Å². The van der Waals surface area contributed by atoms with Crippen molar-refractivity contribution in [3.63, 3.8) is 0 Å². The van der Waals surface area contributed by atoms with Gasteiger partial charge in [0.25, 0.3) is 0 Å². The Morgan fingerprint density at radius 1 is 1.32 bits per heavy atom. The fourth-order valence-electron chi connectivity index (χ4n) is 2.18. The Morgan fingerprint density at radius 2 is 2.00 bits per heavy atom. The van der Waals surface area contributed by atoms with Gasteiger partial charge >= 0.3 is 0 Å². The molecule has 2 N–H and O–H groups in total. The van der Waals surface area contributed by atoms with Gasteiger partial charge in [-0.25, -0.2) is 0 Å². The lowest BCUT2D eigenvalue weighted by atomic mass is 10.1. The lowest BCUT2D eigenvalue weighted by molar-refractivity contribution is -0.120. The van der Waals surface area contributed by atoms with Gasteiger partial charge in [0.2, 0.25) is 5.91 Å². The summed E-state index contributed by atoms with van der Waals surface area (Å²) >= 11 is 0. The largest absolute Gasteiger partial charge is 0.369 e. The number of amides is 1. The van der Waals surface area contributed by atoms with Crippen molar-refractivity contribution in [1.82, 2.24) is 10.6 Å². The van der Waals surface area contributed by atoms with Crippen molar-refractivity contribution in [2.75, 3.05) is 37.6 Å². The Kier molecular flexibility index (Phi) is 4.98. The molecule has 4 heteroatoms. The topological polar surface area (TPSA) is 44.4 Å². The van der Waals surface area contributed by atoms with Crippen LogP contribution < -0.4 is 15.5 Å². The van der Waals surface area contributed by atoms with Crippen LogP contribution in [0.2, 0.25) is 0 Å². The van der Waals surface area contributed by atoms with Gasteiger partial charge < -0.3 is 15.5 Å². The first kappa shape index (κ1) is 13.6. The Labute approximate surface area is 114 Å². The van der Waals surface area contributed by atoms with Crippen molar-refractivity contribution in [2.24, 2.45) is 0 Å². The number of carbonyl (C=O) groups excluding carboxylic acids is 1. The van der Waals surface area contributed by atoms with Crippen LogP contribution in [0.15, 0.2) is 36.9 Å². The van der Waals surface area contributed by atoms with Crippen molar-refractivity contribution >= 4 is 11.6 Å². The van der Waals surface area contributed by atoms with Gasteiger partial charge in [-0.05, 0) is 17.7 Å². The lowest BCUT2D eigenvalue weighted by Gasteiger charge is -2.29. The quantitative estimate of drug-likeness (QED) is 0.774. The molecule has 102 valence electrons. The van der Waals surface area contributed by atoms with Gasteiger partial charge in [0.1, 0.15) is 0 Å². The highest BCUT2D eigenvalue weighted by molar-refractivity contribution is 5.78. The number of hydrogen-bond donors (Lipinski definition) is 2. The summed E-state index contributed by atoms with van der Waals surface area (Å²) in [6.45, 7) is 8.25. The first-order chi connectivity index (χ1) is 9.29. The van der Waals surface area contributed by atoms with E-state index < -0.39 is 0 Å². The third-order valence-electron chi connectivity index (χ3n) is 3.23. The van der Waals surface area contributed by atoms with Gasteiger partial charge in [0.05, 0.1) is 6.42 Å². The highest BCUT2D eigenvalue weighted by Crippen LogP contribution is 2.16. The van der Waals surface area contributed by atoms with Gasteiger partial charge in [-0.15, -0.1) is 6.58 Å². The molecule has 0 bridgehead atoms. The second-order valence-electron chi connectivity index (χ2n) is 4.67. The van der Waals surface area contributed by atoms with E-state index in [2.05, 4.69) is 34.2 Å². The third-order valence-corrected chi connectivity index (χ3v) is 3.23. The zero-order valence-electron chi connectivity index (χ0n) is 11.2. The van der Waals surface area contributed by atoms with Gasteiger partial charge in [0.15, 0.2) is 0 Å². The second-order valence-corrected chi connectivity index (χ2v) is 4.67. The summed E-state index contributed by atoms with van der Waals surface area (Å²) in [4.78, 5) is 13.9. The predicted octanol–water partition coefficient (Wildman–Crippen LogP) is 0.941. The molecule has 0 saturated carbocycles. The van der Waals surface area contributed by atoms with Crippen LogP contribution in [0.1, 0.15) is 5.56 Å². The first-order valence-corrected chi connectivity index (χ1v) is 6.72. The molecule has 0 atom stereocenters. The standard InChI is InChI=1S/C15H21N3O/c1-2-7-17-15(19)12-13-3-5-14(6-4-13)18-10-8-16-9-11-18/h2-6,16H,1,7-12H2,(H,17,19). The van der Waals surface area contributed by atoms with E-state index in [0.717, 1.165) is 31.7 Å².